The molecule has 0 aromatic heterocycles. The average molecular weight is 290 g/mol. The molecule has 1 atom stereocenters. The third-order valence-electron chi connectivity index (χ3n) is 2.85. The van der Waals surface area contributed by atoms with Crippen molar-refractivity contribution in [3.63, 3.8) is 0 Å². The van der Waals surface area contributed by atoms with Gasteiger partial charge in [-0.2, -0.15) is 0 Å². The summed E-state index contributed by atoms with van der Waals surface area (Å²) in [7, 11) is 0. The minimum absolute atomic E-state index is 0.104. The van der Waals surface area contributed by atoms with Gasteiger partial charge in [0.2, 0.25) is 5.91 Å². The van der Waals surface area contributed by atoms with Crippen molar-refractivity contribution in [3.05, 3.63) is 0 Å². The van der Waals surface area contributed by atoms with E-state index in [1.807, 2.05) is 0 Å². The molecule has 0 bridgehead atoms. The van der Waals surface area contributed by atoms with Crippen LogP contribution in [0.1, 0.15) is 38.5 Å². The molecule has 0 unspecified atom stereocenters. The van der Waals surface area contributed by atoms with Gasteiger partial charge < -0.3 is 26.0 Å². The first kappa shape index (κ1) is 18.3. The Bertz CT molecular complexity index is 334. The molecule has 20 heavy (non-hydrogen) atoms. The van der Waals surface area contributed by atoms with Gasteiger partial charge in [0, 0.05) is 12.8 Å². The van der Waals surface area contributed by atoms with Crippen molar-refractivity contribution < 1.29 is 29.7 Å². The van der Waals surface area contributed by atoms with Crippen molar-refractivity contribution in [1.29, 1.82) is 0 Å². The second kappa shape index (κ2) is 10.2. The van der Waals surface area contributed by atoms with Gasteiger partial charge in [0.15, 0.2) is 0 Å². The van der Waals surface area contributed by atoms with Crippen LogP contribution in [0.5, 0.6) is 0 Å². The highest BCUT2D eigenvalue weighted by atomic mass is 16.4. The maximum absolute atomic E-state index is 11.8. The molecule has 0 aliphatic carbocycles. The molecule has 8 nitrogen and oxygen atoms in total. The lowest BCUT2D eigenvalue weighted by Gasteiger charge is -2.27. The third-order valence-corrected chi connectivity index (χ3v) is 2.85. The van der Waals surface area contributed by atoms with Gasteiger partial charge in [-0.15, -0.1) is 0 Å². The third kappa shape index (κ3) is 7.05. The van der Waals surface area contributed by atoms with Crippen LogP contribution >= 0.6 is 0 Å². The largest absolute Gasteiger partial charge is 0.481 e. The molecule has 1 amide bonds. The highest BCUT2D eigenvalue weighted by Gasteiger charge is 2.28. The van der Waals surface area contributed by atoms with E-state index in [4.69, 9.17) is 15.9 Å². The van der Waals surface area contributed by atoms with Crippen LogP contribution in [0, 0.1) is 0 Å². The average Bonchev–Trinajstić information content (AvgIpc) is 2.37. The standard InChI is InChI=1S/C12H22N2O6/c13-7-2-1-4-9(12(19)20)14(8-15)10(16)5-3-6-11(17)18/h9,15H,1-8,13H2,(H,17,18)(H,19,20)/t9-/m0/s1. The Morgan fingerprint density at radius 3 is 2.15 bits per heavy atom. The molecule has 0 fully saturated rings. The summed E-state index contributed by atoms with van der Waals surface area (Å²) < 4.78 is 0. The van der Waals surface area contributed by atoms with Crippen LogP contribution in [0.25, 0.3) is 0 Å². The number of aliphatic carboxylic acids is 2. The monoisotopic (exact) mass is 290 g/mol. The van der Waals surface area contributed by atoms with Gasteiger partial charge in [0.1, 0.15) is 12.8 Å². The number of carboxylic acid groups (broad SMARTS) is 2. The summed E-state index contributed by atoms with van der Waals surface area (Å²) in [6.45, 7) is -0.274. The smallest absolute Gasteiger partial charge is 0.326 e. The summed E-state index contributed by atoms with van der Waals surface area (Å²) in [6, 6.07) is -1.11. The summed E-state index contributed by atoms with van der Waals surface area (Å²) in [4.78, 5) is 34.2. The van der Waals surface area contributed by atoms with E-state index < -0.39 is 30.6 Å². The lowest BCUT2D eigenvalue weighted by molar-refractivity contribution is -0.154. The zero-order chi connectivity index (χ0) is 15.5. The Balaban J connectivity index is 4.51. The lowest BCUT2D eigenvalue weighted by Crippen LogP contribution is -2.45. The number of carboxylic acids is 2. The highest BCUT2D eigenvalue weighted by molar-refractivity contribution is 5.83. The summed E-state index contributed by atoms with van der Waals surface area (Å²) in [5, 5.41) is 26.8. The van der Waals surface area contributed by atoms with Gasteiger partial charge in [0.05, 0.1) is 0 Å². The van der Waals surface area contributed by atoms with Crippen LogP contribution in [0.15, 0.2) is 0 Å². The molecular weight excluding hydrogens is 268 g/mol. The minimum Gasteiger partial charge on any atom is -0.481 e. The molecule has 5 N–H and O–H groups in total. The predicted molar refractivity (Wildman–Crippen MR) is 69.7 cm³/mol. The fourth-order valence-electron chi connectivity index (χ4n) is 1.78. The highest BCUT2D eigenvalue weighted by Crippen LogP contribution is 2.12. The van der Waals surface area contributed by atoms with E-state index in [0.29, 0.717) is 19.4 Å². The first-order chi connectivity index (χ1) is 9.43. The molecule has 0 aliphatic heterocycles. The number of hydrogen-bond donors (Lipinski definition) is 4. The van der Waals surface area contributed by atoms with E-state index in [1.54, 1.807) is 0 Å². The number of amides is 1. The number of rotatable bonds is 11. The van der Waals surface area contributed by atoms with Gasteiger partial charge >= 0.3 is 11.9 Å². The Hall–Kier alpha value is -1.67. The number of nitrogens with zero attached hydrogens (tertiary/aromatic N) is 1. The summed E-state index contributed by atoms with van der Waals surface area (Å²) >= 11 is 0. The second-order valence-corrected chi connectivity index (χ2v) is 4.39. The van der Waals surface area contributed by atoms with E-state index >= 15 is 0 Å². The minimum atomic E-state index is -1.19. The Morgan fingerprint density at radius 1 is 1.05 bits per heavy atom. The van der Waals surface area contributed by atoms with Crippen LogP contribution in [-0.4, -0.2) is 57.4 Å². The molecule has 0 rings (SSSR count). The maximum Gasteiger partial charge on any atom is 0.326 e. The first-order valence-corrected chi connectivity index (χ1v) is 6.49. The molecule has 0 saturated heterocycles. The van der Waals surface area contributed by atoms with Crippen LogP contribution < -0.4 is 5.73 Å². The zero-order valence-corrected chi connectivity index (χ0v) is 11.3. The van der Waals surface area contributed by atoms with Crippen molar-refractivity contribution in [1.82, 2.24) is 4.90 Å². The SMILES string of the molecule is NCCCC[C@@H](C(=O)O)N(CO)C(=O)CCCC(=O)O. The van der Waals surface area contributed by atoms with E-state index in [-0.39, 0.29) is 25.7 Å². The summed E-state index contributed by atoms with van der Waals surface area (Å²) in [6.07, 6.45) is 1.21. The van der Waals surface area contributed by atoms with E-state index in [9.17, 15) is 19.5 Å². The zero-order valence-electron chi connectivity index (χ0n) is 11.3. The second-order valence-electron chi connectivity index (χ2n) is 4.39. The molecule has 0 spiro atoms. The number of carbonyl (C=O) groups excluding carboxylic acids is 1. The number of aliphatic hydroxyl groups excluding tert-OH is 1. The molecular formula is C12H22N2O6. The van der Waals surface area contributed by atoms with Gasteiger partial charge in [0.25, 0.3) is 0 Å². The topological polar surface area (TPSA) is 141 Å². The quantitative estimate of drug-likeness (QED) is 0.299. The van der Waals surface area contributed by atoms with Crippen LogP contribution in [0.2, 0.25) is 0 Å². The maximum atomic E-state index is 11.8. The van der Waals surface area contributed by atoms with Gasteiger partial charge in [-0.3, -0.25) is 9.59 Å². The predicted octanol–water partition coefficient (Wildman–Crippen LogP) is -0.398. The summed E-state index contributed by atoms with van der Waals surface area (Å²) in [5.41, 5.74) is 5.32. The molecule has 0 heterocycles. The molecule has 116 valence electrons. The van der Waals surface area contributed by atoms with Crippen molar-refractivity contribution >= 4 is 17.8 Å². The Labute approximate surface area is 117 Å². The van der Waals surface area contributed by atoms with E-state index in [1.165, 1.54) is 0 Å². The normalized spacial score (nSPS) is 11.9. The van der Waals surface area contributed by atoms with Gasteiger partial charge in [-0.25, -0.2) is 4.79 Å². The Morgan fingerprint density at radius 2 is 1.70 bits per heavy atom. The van der Waals surface area contributed by atoms with Crippen molar-refractivity contribution in [2.24, 2.45) is 5.73 Å². The van der Waals surface area contributed by atoms with Crippen molar-refractivity contribution in [2.75, 3.05) is 13.3 Å². The molecule has 0 saturated carbocycles. The fourth-order valence-corrected chi connectivity index (χ4v) is 1.78. The molecule has 0 aromatic rings. The van der Waals surface area contributed by atoms with Crippen molar-refractivity contribution in [2.45, 2.75) is 44.6 Å². The van der Waals surface area contributed by atoms with Crippen LogP contribution in [-0.2, 0) is 14.4 Å². The van der Waals surface area contributed by atoms with Gasteiger partial charge in [-0.1, -0.05) is 0 Å². The molecule has 8 heteroatoms. The van der Waals surface area contributed by atoms with Gasteiger partial charge in [-0.05, 0) is 32.2 Å². The number of aliphatic hydroxyl groups is 1. The van der Waals surface area contributed by atoms with E-state index in [0.717, 1.165) is 4.90 Å². The summed E-state index contributed by atoms with van der Waals surface area (Å²) in [5.74, 6) is -2.78. The van der Waals surface area contributed by atoms with Crippen molar-refractivity contribution in [3.8, 4) is 0 Å². The van der Waals surface area contributed by atoms with E-state index in [2.05, 4.69) is 0 Å². The number of carbonyl (C=O) groups is 3. The van der Waals surface area contributed by atoms with Crippen LogP contribution in [0.3, 0.4) is 0 Å². The number of hydrogen-bond acceptors (Lipinski definition) is 5. The van der Waals surface area contributed by atoms with Crippen LogP contribution in [0.4, 0.5) is 0 Å². The molecule has 0 radical (unpaired) electrons. The Kier molecular flexibility index (Phi) is 9.31. The fraction of sp³-hybridized carbons (Fsp3) is 0.750. The first-order valence-electron chi connectivity index (χ1n) is 6.49. The molecule has 0 aliphatic rings. The molecule has 0 aromatic carbocycles. The number of nitrogens with two attached hydrogens (primary N) is 1. The lowest BCUT2D eigenvalue weighted by atomic mass is 10.1. The number of unbranched alkanes of at least 4 members (excludes halogenated alkanes) is 1.